The summed E-state index contributed by atoms with van der Waals surface area (Å²) in [5.74, 6) is 0. The van der Waals surface area contributed by atoms with E-state index in [1.807, 2.05) is 0 Å². The zero-order valence-corrected chi connectivity index (χ0v) is 30.5. The monoisotopic (exact) mass is 1150 g/mol. The van der Waals surface area contributed by atoms with E-state index in [4.69, 9.17) is 184 Å². The second-order valence-electron chi connectivity index (χ2n) is 2.68. The van der Waals surface area contributed by atoms with Crippen LogP contribution in [-0.4, -0.2) is 130 Å². The van der Waals surface area contributed by atoms with E-state index in [-0.39, 0.29) is 143 Å². The summed E-state index contributed by atoms with van der Waals surface area (Å²) in [4.78, 5) is 99.0. The number of rotatable bonds is 0. The molecule has 0 aliphatic heterocycles. The van der Waals surface area contributed by atoms with E-state index in [0.29, 0.717) is 0 Å². The van der Waals surface area contributed by atoms with Gasteiger partial charge in [0.05, 0.1) is 61.0 Å². The number of hydrogen-bond acceptors (Lipinski definition) is 36. The fourth-order valence-electron chi connectivity index (χ4n) is 0. The first-order valence-corrected chi connectivity index (χ1v) is 6.57. The molecule has 308 valence electrons. The fourth-order valence-corrected chi connectivity index (χ4v) is 0. The summed E-state index contributed by atoms with van der Waals surface area (Å²) in [6, 6.07) is 0. The maximum Gasteiger partial charge on any atom is 3.00 e. The van der Waals surface area contributed by atoms with Gasteiger partial charge in [0.15, 0.2) is 0 Å². The summed E-state index contributed by atoms with van der Waals surface area (Å²) in [7, 11) is 0. The second kappa shape index (κ2) is 103. The summed E-state index contributed by atoms with van der Waals surface area (Å²) in [6.45, 7) is 0. The van der Waals surface area contributed by atoms with Crippen molar-refractivity contribution >= 4 is 69.2 Å². The zero-order valence-electron chi connectivity index (χ0n) is 22.7. The molecule has 0 saturated heterocycles. The maximum absolute atomic E-state index is 8.25. The quantitative estimate of drug-likeness (QED) is 0.127. The summed E-state index contributed by atoms with van der Waals surface area (Å²) in [5, 5.41) is 177. The Morgan fingerprint density at radius 2 is 0.151 bits per heavy atom. The van der Waals surface area contributed by atoms with Gasteiger partial charge in [0, 0.05) is 0 Å². The average Bonchev–Trinajstić information content (AvgIpc) is 2.61. The molecule has 53 heteroatoms. The van der Waals surface area contributed by atoms with Crippen LogP contribution in [-0.2, 0) is 0 Å². The Morgan fingerprint density at radius 1 is 0.151 bits per heavy atom. The molecule has 0 saturated carbocycles. The number of nitrogens with zero attached hydrogens (tertiary/aromatic N) is 12. The van der Waals surface area contributed by atoms with Crippen LogP contribution < -0.4 is 0 Å². The molecule has 0 aromatic rings. The fraction of sp³-hybridized carbons (Fsp3) is 0. The molecule has 0 fully saturated rings. The number of hydrogen-bond donors (Lipinski definition) is 0. The minimum Gasteiger partial charge on any atom is -0.356 e. The molecule has 0 aromatic carbocycles. The van der Waals surface area contributed by atoms with Crippen molar-refractivity contribution in [3.63, 3.8) is 0 Å². The molecule has 48 nitrogen and oxygen atoms in total. The summed E-state index contributed by atoms with van der Waals surface area (Å²) < 4.78 is 0. The van der Waals surface area contributed by atoms with Crippen molar-refractivity contribution in [1.82, 2.24) is 0 Å². The third-order valence-corrected chi connectivity index (χ3v) is 0. The minimum absolute atomic E-state index is 0. The van der Waals surface area contributed by atoms with Gasteiger partial charge in [-0.1, -0.05) is 0 Å². The molecule has 0 aliphatic carbocycles. The first-order valence-electron chi connectivity index (χ1n) is 6.57. The Bertz CT molecular complexity index is 602. The molecule has 0 rings (SSSR count). The van der Waals surface area contributed by atoms with Crippen molar-refractivity contribution in [1.29, 1.82) is 0 Å². The van der Waals surface area contributed by atoms with E-state index in [9.17, 15) is 0 Å². The van der Waals surface area contributed by atoms with Crippen LogP contribution >= 0.6 is 0 Å². The molecule has 0 atom stereocenters. The van der Waals surface area contributed by atoms with Gasteiger partial charge in [-0.3, -0.25) is 0 Å². The van der Waals surface area contributed by atoms with E-state index in [0.717, 1.165) is 0 Å². The third-order valence-electron chi connectivity index (χ3n) is 0. The molecule has 0 N–H and O–H groups in total. The molecular formula is Mg3N12O36Tm2. The van der Waals surface area contributed by atoms with Crippen LogP contribution in [0.3, 0.4) is 0 Å². The van der Waals surface area contributed by atoms with Crippen LogP contribution in [0.1, 0.15) is 0 Å². The maximum atomic E-state index is 8.25. The van der Waals surface area contributed by atoms with Crippen molar-refractivity contribution in [3.05, 3.63) is 184 Å². The molecule has 0 aromatic heterocycles. The van der Waals surface area contributed by atoms with Gasteiger partial charge >= 0.3 is 143 Å². The Hall–Kier alpha value is -4.83. The predicted molar refractivity (Wildman–Crippen MR) is 142 cm³/mol. The van der Waals surface area contributed by atoms with E-state index in [1.54, 1.807) is 0 Å². The Balaban J connectivity index is -0.0000000176. The average molecular weight is 1150 g/mol. The zero-order chi connectivity index (χ0) is 42.9. The molecule has 0 spiro atoms. The van der Waals surface area contributed by atoms with Crippen LogP contribution in [0, 0.1) is 258 Å². The van der Waals surface area contributed by atoms with Gasteiger partial charge in [-0.25, -0.2) is 0 Å². The smallest absolute Gasteiger partial charge is 0.356 e. The topological polar surface area (TPSA) is 794 Å². The molecule has 0 aliphatic rings. The van der Waals surface area contributed by atoms with E-state index >= 15 is 0 Å². The SMILES string of the molecule is O=[N+]([O-])[O-].O=[N+]([O-])[O-].O=[N+]([O-])[O-].O=[N+]([O-])[O-].O=[N+]([O-])[O-].O=[N+]([O-])[O-].O=[N+]([O-])[O-].O=[N+]([O-])[O-].O=[N+]([O-])[O-].O=[N+]([O-])[O-].O=[N+]([O-])[O-].O=[N+]([O-])[O-].[Mg+2].[Mg+2].[Mg+2].[Tm+3].[Tm+3]. The van der Waals surface area contributed by atoms with E-state index in [2.05, 4.69) is 0 Å². The van der Waals surface area contributed by atoms with Crippen LogP contribution in [0.2, 0.25) is 0 Å². The van der Waals surface area contributed by atoms with Crippen LogP contribution in [0.15, 0.2) is 0 Å². The van der Waals surface area contributed by atoms with Crippen LogP contribution in [0.4, 0.5) is 0 Å². The predicted octanol–water partition coefficient (Wildman–Crippen LogP) is -4.01. The second-order valence-corrected chi connectivity index (χ2v) is 2.68. The summed E-state index contributed by atoms with van der Waals surface area (Å²) in [6.07, 6.45) is 0. The van der Waals surface area contributed by atoms with Gasteiger partial charge < -0.3 is 184 Å². The van der Waals surface area contributed by atoms with E-state index in [1.165, 1.54) is 0 Å². The van der Waals surface area contributed by atoms with Crippen molar-refractivity contribution < 1.29 is 135 Å². The molecule has 0 heterocycles. The Morgan fingerprint density at radius 3 is 0.151 bits per heavy atom. The van der Waals surface area contributed by atoms with Gasteiger partial charge in [0.1, 0.15) is 0 Å². The van der Waals surface area contributed by atoms with Crippen molar-refractivity contribution in [2.75, 3.05) is 0 Å². The van der Waals surface area contributed by atoms with Crippen LogP contribution in [0.25, 0.3) is 0 Å². The molecular weight excluding hydrogens is 1150 g/mol. The van der Waals surface area contributed by atoms with Gasteiger partial charge in [-0.05, 0) is 0 Å². The third kappa shape index (κ3) is 4120. The van der Waals surface area contributed by atoms with Crippen molar-refractivity contribution in [3.8, 4) is 0 Å². The Kier molecular flexibility index (Phi) is 215. The van der Waals surface area contributed by atoms with Gasteiger partial charge in [-0.15, -0.1) is 0 Å². The van der Waals surface area contributed by atoms with Gasteiger partial charge in [0.2, 0.25) is 0 Å². The normalized spacial score (nSPS) is 5.43. The minimum atomic E-state index is -1.75. The van der Waals surface area contributed by atoms with Gasteiger partial charge in [0.25, 0.3) is 0 Å². The Labute approximate surface area is 384 Å². The van der Waals surface area contributed by atoms with E-state index < -0.39 is 61.0 Å². The van der Waals surface area contributed by atoms with Crippen LogP contribution in [0.5, 0.6) is 0 Å². The first-order chi connectivity index (χ1) is 20.8. The molecule has 0 radical (unpaired) electrons. The summed E-state index contributed by atoms with van der Waals surface area (Å²) >= 11 is 0. The molecule has 0 unspecified atom stereocenters. The van der Waals surface area contributed by atoms with Crippen molar-refractivity contribution in [2.24, 2.45) is 0 Å². The molecule has 0 bridgehead atoms. The van der Waals surface area contributed by atoms with Gasteiger partial charge in [-0.2, -0.15) is 0 Å². The standard InChI is InChI=1S/3Mg.12NO3.2Tm/c;;;12*2-1(3)4;;/q3*+2;12*-1;2*+3. The molecule has 0 amide bonds. The first kappa shape index (κ1) is 110. The van der Waals surface area contributed by atoms with Crippen molar-refractivity contribution in [2.45, 2.75) is 0 Å². The largest absolute Gasteiger partial charge is 3.00 e. The summed E-state index contributed by atoms with van der Waals surface area (Å²) in [5.41, 5.74) is 0. The molecule has 53 heavy (non-hydrogen) atoms.